The molecular weight excluding hydrogens is 323 g/mol. The Bertz CT molecular complexity index is 581. The third-order valence-electron chi connectivity index (χ3n) is 2.37. The Morgan fingerprint density at radius 2 is 1.89 bits per heavy atom. The molecule has 100 valence electrons. The summed E-state index contributed by atoms with van der Waals surface area (Å²) >= 11 is 3.32. The molecule has 1 aromatic carbocycles. The van der Waals surface area contributed by atoms with Crippen LogP contribution >= 0.6 is 15.9 Å². The van der Waals surface area contributed by atoms with Gasteiger partial charge in [0.2, 0.25) is 5.88 Å². The van der Waals surface area contributed by atoms with E-state index in [1.165, 1.54) is 6.07 Å². The number of hydrogen-bond donors (Lipinski definition) is 0. The van der Waals surface area contributed by atoms with E-state index in [-0.39, 0.29) is 5.88 Å². The number of ether oxygens (including phenoxy) is 1. The van der Waals surface area contributed by atoms with E-state index in [2.05, 4.69) is 20.9 Å². The van der Waals surface area contributed by atoms with Crippen molar-refractivity contribution < 1.29 is 17.9 Å². The molecule has 0 saturated heterocycles. The Balaban J connectivity index is 2.20. The van der Waals surface area contributed by atoms with Crippen LogP contribution in [0.25, 0.3) is 0 Å². The van der Waals surface area contributed by atoms with Gasteiger partial charge in [0.1, 0.15) is 5.75 Å². The highest BCUT2D eigenvalue weighted by atomic mass is 79.9. The number of halogens is 4. The first-order chi connectivity index (χ1) is 8.86. The van der Waals surface area contributed by atoms with Crippen LogP contribution in [0, 0.1) is 6.92 Å². The fourth-order valence-corrected chi connectivity index (χ4v) is 1.98. The predicted octanol–water partition coefficient (Wildman–Crippen LogP) is 4.96. The second-order valence-corrected chi connectivity index (χ2v) is 4.77. The topological polar surface area (TPSA) is 22.1 Å². The van der Waals surface area contributed by atoms with Crippen molar-refractivity contribution in [2.45, 2.75) is 13.1 Å². The van der Waals surface area contributed by atoms with E-state index >= 15 is 0 Å². The molecule has 0 spiro atoms. The van der Waals surface area contributed by atoms with Crippen LogP contribution in [0.15, 0.2) is 41.0 Å². The molecule has 2 aromatic rings. The SMILES string of the molecule is Cc1ccc(Oc2ccc(C(F)(F)F)cn2)c(Br)c1. The molecule has 6 heteroatoms. The molecule has 0 amide bonds. The third kappa shape index (κ3) is 3.47. The zero-order chi connectivity index (χ0) is 14.0. The van der Waals surface area contributed by atoms with Crippen LogP contribution in [0.5, 0.6) is 11.6 Å². The minimum absolute atomic E-state index is 0.109. The molecule has 0 aliphatic rings. The zero-order valence-electron chi connectivity index (χ0n) is 9.83. The summed E-state index contributed by atoms with van der Waals surface area (Å²) in [7, 11) is 0. The van der Waals surface area contributed by atoms with Gasteiger partial charge < -0.3 is 4.74 Å². The fourth-order valence-electron chi connectivity index (χ4n) is 1.41. The van der Waals surface area contributed by atoms with Crippen molar-refractivity contribution >= 4 is 15.9 Å². The minimum Gasteiger partial charge on any atom is -0.438 e. The lowest BCUT2D eigenvalue weighted by molar-refractivity contribution is -0.137. The molecule has 0 unspecified atom stereocenters. The van der Waals surface area contributed by atoms with Crippen molar-refractivity contribution in [3.63, 3.8) is 0 Å². The van der Waals surface area contributed by atoms with E-state index in [4.69, 9.17) is 4.74 Å². The standard InChI is InChI=1S/C13H9BrF3NO/c1-8-2-4-11(10(14)6-8)19-12-5-3-9(7-18-12)13(15,16)17/h2-7H,1H3. The Kier molecular flexibility index (Phi) is 3.80. The van der Waals surface area contributed by atoms with E-state index < -0.39 is 11.7 Å². The van der Waals surface area contributed by atoms with Gasteiger partial charge in [0.25, 0.3) is 0 Å². The minimum atomic E-state index is -4.39. The maximum absolute atomic E-state index is 12.4. The van der Waals surface area contributed by atoms with Crippen molar-refractivity contribution in [1.29, 1.82) is 0 Å². The zero-order valence-corrected chi connectivity index (χ0v) is 11.4. The molecule has 0 aliphatic carbocycles. The Morgan fingerprint density at radius 1 is 1.16 bits per heavy atom. The second-order valence-electron chi connectivity index (χ2n) is 3.92. The van der Waals surface area contributed by atoms with Crippen molar-refractivity contribution in [2.75, 3.05) is 0 Å². The Hall–Kier alpha value is -1.56. The smallest absolute Gasteiger partial charge is 0.417 e. The lowest BCUT2D eigenvalue weighted by Crippen LogP contribution is -2.05. The van der Waals surface area contributed by atoms with Crippen LogP contribution in [0.2, 0.25) is 0 Å². The van der Waals surface area contributed by atoms with Crippen LogP contribution in [0.3, 0.4) is 0 Å². The summed E-state index contributed by atoms with van der Waals surface area (Å²) in [6, 6.07) is 7.53. The largest absolute Gasteiger partial charge is 0.438 e. The molecule has 0 fully saturated rings. The maximum atomic E-state index is 12.4. The van der Waals surface area contributed by atoms with Gasteiger partial charge >= 0.3 is 6.18 Å². The molecule has 0 bridgehead atoms. The first kappa shape index (κ1) is 13.9. The second kappa shape index (κ2) is 5.21. The van der Waals surface area contributed by atoms with Crippen LogP contribution in [-0.2, 0) is 6.18 Å². The monoisotopic (exact) mass is 331 g/mol. The predicted molar refractivity (Wildman–Crippen MR) is 68.2 cm³/mol. The van der Waals surface area contributed by atoms with Crippen molar-refractivity contribution in [3.8, 4) is 11.6 Å². The first-order valence-corrected chi connectivity index (χ1v) is 6.13. The summed E-state index contributed by atoms with van der Waals surface area (Å²) in [6.45, 7) is 1.92. The number of alkyl halides is 3. The number of aryl methyl sites for hydroxylation is 1. The highest BCUT2D eigenvalue weighted by molar-refractivity contribution is 9.10. The average molecular weight is 332 g/mol. The van der Waals surface area contributed by atoms with E-state index in [0.29, 0.717) is 10.2 Å². The summed E-state index contributed by atoms with van der Waals surface area (Å²) in [5.41, 5.74) is 0.238. The number of rotatable bonds is 2. The molecular formula is C13H9BrF3NO. The van der Waals surface area contributed by atoms with Gasteiger partial charge in [-0.05, 0) is 46.6 Å². The number of pyridine rings is 1. The van der Waals surface area contributed by atoms with Gasteiger partial charge in [-0.25, -0.2) is 4.98 Å². The number of hydrogen-bond acceptors (Lipinski definition) is 2. The molecule has 0 aliphatic heterocycles. The van der Waals surface area contributed by atoms with E-state index in [9.17, 15) is 13.2 Å². The van der Waals surface area contributed by atoms with Gasteiger partial charge in [0.15, 0.2) is 0 Å². The molecule has 0 saturated carbocycles. The van der Waals surface area contributed by atoms with E-state index in [0.717, 1.165) is 17.8 Å². The normalized spacial score (nSPS) is 11.4. The lowest BCUT2D eigenvalue weighted by atomic mass is 10.2. The summed E-state index contributed by atoms with van der Waals surface area (Å²) in [5.74, 6) is 0.607. The van der Waals surface area contributed by atoms with Crippen molar-refractivity contribution in [1.82, 2.24) is 4.98 Å². The van der Waals surface area contributed by atoms with Gasteiger partial charge in [-0.1, -0.05) is 6.07 Å². The van der Waals surface area contributed by atoms with E-state index in [1.807, 2.05) is 19.1 Å². The van der Waals surface area contributed by atoms with Gasteiger partial charge in [-0.3, -0.25) is 0 Å². The van der Waals surface area contributed by atoms with Crippen LogP contribution in [0.4, 0.5) is 13.2 Å². The molecule has 0 radical (unpaired) electrons. The fraction of sp³-hybridized carbons (Fsp3) is 0.154. The molecule has 2 nitrogen and oxygen atoms in total. The maximum Gasteiger partial charge on any atom is 0.417 e. The van der Waals surface area contributed by atoms with Crippen LogP contribution < -0.4 is 4.74 Å². The number of nitrogens with zero attached hydrogens (tertiary/aromatic N) is 1. The third-order valence-corrected chi connectivity index (χ3v) is 2.99. The molecule has 0 N–H and O–H groups in total. The highest BCUT2D eigenvalue weighted by Crippen LogP contribution is 2.32. The van der Waals surface area contributed by atoms with Crippen molar-refractivity contribution in [2.24, 2.45) is 0 Å². The molecule has 0 atom stereocenters. The summed E-state index contributed by atoms with van der Waals surface area (Å²) in [5, 5.41) is 0. The summed E-state index contributed by atoms with van der Waals surface area (Å²) in [6.07, 6.45) is -3.65. The molecule has 1 aromatic heterocycles. The summed E-state index contributed by atoms with van der Waals surface area (Å²) in [4.78, 5) is 3.64. The molecule has 19 heavy (non-hydrogen) atoms. The Labute approximate surface area is 116 Å². The van der Waals surface area contributed by atoms with Crippen molar-refractivity contribution in [3.05, 3.63) is 52.1 Å². The quantitative estimate of drug-likeness (QED) is 0.775. The first-order valence-electron chi connectivity index (χ1n) is 5.33. The van der Waals surface area contributed by atoms with Gasteiger partial charge in [0.05, 0.1) is 10.0 Å². The van der Waals surface area contributed by atoms with Gasteiger partial charge in [-0.2, -0.15) is 13.2 Å². The highest BCUT2D eigenvalue weighted by Gasteiger charge is 2.30. The van der Waals surface area contributed by atoms with Gasteiger partial charge in [-0.15, -0.1) is 0 Å². The number of aromatic nitrogens is 1. The average Bonchev–Trinajstić information content (AvgIpc) is 2.32. The lowest BCUT2D eigenvalue weighted by Gasteiger charge is -2.09. The van der Waals surface area contributed by atoms with Crippen LogP contribution in [-0.4, -0.2) is 4.98 Å². The van der Waals surface area contributed by atoms with E-state index in [1.54, 1.807) is 6.07 Å². The number of benzene rings is 1. The van der Waals surface area contributed by atoms with Gasteiger partial charge in [0, 0.05) is 12.3 Å². The Morgan fingerprint density at radius 3 is 2.42 bits per heavy atom. The summed E-state index contributed by atoms with van der Waals surface area (Å²) < 4.78 is 43.2. The molecule has 1 heterocycles. The van der Waals surface area contributed by atoms with Crippen LogP contribution in [0.1, 0.15) is 11.1 Å². The molecule has 2 rings (SSSR count).